The van der Waals surface area contributed by atoms with E-state index in [2.05, 4.69) is 24.2 Å². The maximum absolute atomic E-state index is 9.03. The first kappa shape index (κ1) is 9.04. The molecule has 0 aliphatic heterocycles. The van der Waals surface area contributed by atoms with Crippen LogP contribution < -0.4 is 0 Å². The van der Waals surface area contributed by atoms with Crippen molar-refractivity contribution in [2.24, 2.45) is 0 Å². The molecule has 0 aromatic rings. The molecule has 1 unspecified atom stereocenters. The van der Waals surface area contributed by atoms with Gasteiger partial charge in [0.05, 0.1) is 0 Å². The predicted molar refractivity (Wildman–Crippen MR) is 42.4 cm³/mol. The lowest BCUT2D eigenvalue weighted by Crippen LogP contribution is -2.00. The quantitative estimate of drug-likeness (QED) is 0.450. The lowest BCUT2D eigenvalue weighted by atomic mass is 10.2. The second-order valence-electron chi connectivity index (χ2n) is 1.94. The lowest BCUT2D eigenvalue weighted by Gasteiger charge is -1.96. The van der Waals surface area contributed by atoms with Crippen LogP contribution in [0.25, 0.3) is 0 Å². The normalized spacial score (nSPS) is 10.6. The van der Waals surface area contributed by atoms with Gasteiger partial charge in [0.2, 0.25) is 0 Å². The van der Waals surface area contributed by atoms with Crippen molar-refractivity contribution in [3.8, 4) is 11.8 Å². The monoisotopic (exact) mass is 136 g/mol. The Kier molecular flexibility index (Phi) is 5.57. The Balaban J connectivity index is 3.67. The number of hydrogen-bond acceptors (Lipinski definition) is 1. The Hall–Kier alpha value is -0.960. The van der Waals surface area contributed by atoms with E-state index in [1.807, 2.05) is 6.92 Å². The van der Waals surface area contributed by atoms with Gasteiger partial charge in [0.25, 0.3) is 0 Å². The molecule has 1 nitrogen and oxygen atoms in total. The fourth-order valence-electron chi connectivity index (χ4n) is 0.534. The Morgan fingerprint density at radius 2 is 2.40 bits per heavy atom. The summed E-state index contributed by atoms with van der Waals surface area (Å²) in [7, 11) is 0. The molecule has 0 heterocycles. The lowest BCUT2D eigenvalue weighted by molar-refractivity contribution is 0.221. The molecule has 0 aliphatic rings. The minimum Gasteiger partial charge on any atom is -0.380 e. The number of hydrogen-bond donors (Lipinski definition) is 1. The SMILES string of the molecule is C=C=CC#CC(O)CCC. The van der Waals surface area contributed by atoms with Gasteiger partial charge in [-0.3, -0.25) is 0 Å². The van der Waals surface area contributed by atoms with Gasteiger partial charge in [0.1, 0.15) is 6.10 Å². The summed E-state index contributed by atoms with van der Waals surface area (Å²) in [5, 5.41) is 9.03. The first-order chi connectivity index (χ1) is 4.81. The molecule has 0 aromatic heterocycles. The molecule has 0 amide bonds. The second kappa shape index (κ2) is 6.16. The fraction of sp³-hybridized carbons (Fsp3) is 0.444. The van der Waals surface area contributed by atoms with Gasteiger partial charge in [-0.05, 0) is 6.42 Å². The Morgan fingerprint density at radius 1 is 1.70 bits per heavy atom. The van der Waals surface area contributed by atoms with E-state index in [4.69, 9.17) is 5.11 Å². The summed E-state index contributed by atoms with van der Waals surface area (Å²) < 4.78 is 0. The van der Waals surface area contributed by atoms with E-state index in [0.29, 0.717) is 0 Å². The van der Waals surface area contributed by atoms with Crippen molar-refractivity contribution >= 4 is 0 Å². The van der Waals surface area contributed by atoms with Crippen LogP contribution in [0.15, 0.2) is 18.4 Å². The van der Waals surface area contributed by atoms with Crippen molar-refractivity contribution in [2.45, 2.75) is 25.9 Å². The minimum atomic E-state index is -0.491. The summed E-state index contributed by atoms with van der Waals surface area (Å²) in [6, 6.07) is 0. The summed E-state index contributed by atoms with van der Waals surface area (Å²) in [5.41, 5.74) is 2.51. The van der Waals surface area contributed by atoms with Crippen molar-refractivity contribution in [1.29, 1.82) is 0 Å². The zero-order valence-electron chi connectivity index (χ0n) is 6.22. The molecule has 1 atom stereocenters. The van der Waals surface area contributed by atoms with Crippen LogP contribution >= 0.6 is 0 Å². The van der Waals surface area contributed by atoms with Crippen LogP contribution in [0.1, 0.15) is 19.8 Å². The van der Waals surface area contributed by atoms with Crippen LogP contribution in [-0.4, -0.2) is 11.2 Å². The van der Waals surface area contributed by atoms with E-state index in [9.17, 15) is 0 Å². The maximum Gasteiger partial charge on any atom is 0.115 e. The zero-order valence-corrected chi connectivity index (χ0v) is 6.22. The number of rotatable bonds is 2. The summed E-state index contributed by atoms with van der Waals surface area (Å²) in [6.45, 7) is 5.35. The standard InChI is InChI=1S/C9H12O/c1-3-5-6-8-9(10)7-4-2/h5,9-10H,1,4,7H2,2H3. The molecular formula is C9H12O. The van der Waals surface area contributed by atoms with Gasteiger partial charge >= 0.3 is 0 Å². The Morgan fingerprint density at radius 3 is 2.90 bits per heavy atom. The largest absolute Gasteiger partial charge is 0.380 e. The van der Waals surface area contributed by atoms with Crippen molar-refractivity contribution < 1.29 is 5.11 Å². The van der Waals surface area contributed by atoms with E-state index in [0.717, 1.165) is 12.8 Å². The van der Waals surface area contributed by atoms with E-state index in [1.165, 1.54) is 6.08 Å². The highest BCUT2D eigenvalue weighted by atomic mass is 16.3. The summed E-state index contributed by atoms with van der Waals surface area (Å²) in [6.07, 6.45) is 2.69. The highest BCUT2D eigenvalue weighted by Gasteiger charge is 1.92. The van der Waals surface area contributed by atoms with Crippen molar-refractivity contribution in [2.75, 3.05) is 0 Å². The first-order valence-corrected chi connectivity index (χ1v) is 3.34. The van der Waals surface area contributed by atoms with Crippen LogP contribution in [-0.2, 0) is 0 Å². The third-order valence-electron chi connectivity index (χ3n) is 0.986. The van der Waals surface area contributed by atoms with Crippen LogP contribution in [0, 0.1) is 11.8 Å². The Labute approximate surface area is 62.1 Å². The highest BCUT2D eigenvalue weighted by molar-refractivity contribution is 5.16. The zero-order chi connectivity index (χ0) is 7.82. The van der Waals surface area contributed by atoms with Gasteiger partial charge in [-0.1, -0.05) is 31.8 Å². The summed E-state index contributed by atoms with van der Waals surface area (Å²) >= 11 is 0. The topological polar surface area (TPSA) is 20.2 Å². The van der Waals surface area contributed by atoms with Gasteiger partial charge in [0, 0.05) is 6.08 Å². The molecule has 0 fully saturated rings. The molecular weight excluding hydrogens is 124 g/mol. The molecule has 0 aromatic carbocycles. The van der Waals surface area contributed by atoms with Crippen LogP contribution in [0.4, 0.5) is 0 Å². The van der Waals surface area contributed by atoms with Crippen LogP contribution in [0.3, 0.4) is 0 Å². The minimum absolute atomic E-state index is 0.491. The van der Waals surface area contributed by atoms with Crippen LogP contribution in [0.5, 0.6) is 0 Å². The average molecular weight is 136 g/mol. The molecule has 0 saturated carbocycles. The van der Waals surface area contributed by atoms with Crippen molar-refractivity contribution in [3.05, 3.63) is 18.4 Å². The molecule has 1 N–H and O–H groups in total. The molecule has 0 bridgehead atoms. The Bertz CT molecular complexity index is 177. The molecule has 0 radical (unpaired) electrons. The van der Waals surface area contributed by atoms with E-state index in [1.54, 1.807) is 0 Å². The van der Waals surface area contributed by atoms with E-state index in [-0.39, 0.29) is 0 Å². The number of allylic oxidation sites excluding steroid dienone is 1. The predicted octanol–water partition coefficient (Wildman–Crippen LogP) is 1.49. The molecule has 0 saturated heterocycles. The van der Waals surface area contributed by atoms with Gasteiger partial charge in [0.15, 0.2) is 0 Å². The van der Waals surface area contributed by atoms with Crippen LogP contribution in [0.2, 0.25) is 0 Å². The number of aliphatic hydroxyl groups is 1. The van der Waals surface area contributed by atoms with Crippen molar-refractivity contribution in [3.63, 3.8) is 0 Å². The second-order valence-corrected chi connectivity index (χ2v) is 1.94. The van der Waals surface area contributed by atoms with Gasteiger partial charge in [-0.25, -0.2) is 0 Å². The molecule has 0 spiro atoms. The third-order valence-corrected chi connectivity index (χ3v) is 0.986. The summed E-state index contributed by atoms with van der Waals surface area (Å²) in [5.74, 6) is 5.25. The van der Waals surface area contributed by atoms with E-state index >= 15 is 0 Å². The highest BCUT2D eigenvalue weighted by Crippen LogP contribution is 1.92. The summed E-state index contributed by atoms with van der Waals surface area (Å²) in [4.78, 5) is 0. The van der Waals surface area contributed by atoms with Gasteiger partial charge < -0.3 is 5.11 Å². The average Bonchev–Trinajstić information content (AvgIpc) is 1.89. The van der Waals surface area contributed by atoms with Gasteiger partial charge in [-0.2, -0.15) is 0 Å². The third kappa shape index (κ3) is 5.18. The maximum atomic E-state index is 9.03. The smallest absolute Gasteiger partial charge is 0.115 e. The fourth-order valence-corrected chi connectivity index (χ4v) is 0.534. The van der Waals surface area contributed by atoms with Gasteiger partial charge in [-0.15, -0.1) is 5.73 Å². The molecule has 0 aliphatic carbocycles. The first-order valence-electron chi connectivity index (χ1n) is 3.34. The molecule has 10 heavy (non-hydrogen) atoms. The molecule has 1 heteroatoms. The molecule has 0 rings (SSSR count). The number of aliphatic hydroxyl groups excluding tert-OH is 1. The molecule has 54 valence electrons. The van der Waals surface area contributed by atoms with E-state index < -0.39 is 6.10 Å². The van der Waals surface area contributed by atoms with Crippen molar-refractivity contribution in [1.82, 2.24) is 0 Å².